The normalized spacial score (nSPS) is 9.93. The van der Waals surface area contributed by atoms with Crippen LogP contribution in [-0.4, -0.2) is 10.9 Å². The lowest BCUT2D eigenvalue weighted by atomic mass is 9.99. The lowest BCUT2D eigenvalue weighted by Gasteiger charge is -2.10. The maximum absolute atomic E-state index is 12.9. The minimum absolute atomic E-state index is 0.153. The molecule has 1 heterocycles. The molecule has 0 atom stereocenters. The Balaban J connectivity index is 1.57. The molecular formula is C26H18N2O. The van der Waals surface area contributed by atoms with Gasteiger partial charge in [0.15, 0.2) is 0 Å². The summed E-state index contributed by atoms with van der Waals surface area (Å²) >= 11 is 0. The van der Waals surface area contributed by atoms with Crippen LogP contribution in [0.3, 0.4) is 0 Å². The molecular weight excluding hydrogens is 356 g/mol. The second-order valence-corrected chi connectivity index (χ2v) is 6.41. The highest BCUT2D eigenvalue weighted by Gasteiger charge is 2.12. The summed E-state index contributed by atoms with van der Waals surface area (Å²) in [5.74, 6) is 5.96. The van der Waals surface area contributed by atoms with Crippen molar-refractivity contribution >= 4 is 11.6 Å². The number of carbonyl (C=O) groups is 1. The average molecular weight is 374 g/mol. The first-order valence-corrected chi connectivity index (χ1v) is 9.28. The van der Waals surface area contributed by atoms with Gasteiger partial charge in [-0.2, -0.15) is 0 Å². The van der Waals surface area contributed by atoms with Crippen LogP contribution in [0.25, 0.3) is 11.1 Å². The van der Waals surface area contributed by atoms with Crippen LogP contribution in [0, 0.1) is 11.8 Å². The van der Waals surface area contributed by atoms with E-state index in [-0.39, 0.29) is 5.91 Å². The van der Waals surface area contributed by atoms with E-state index in [0.29, 0.717) is 16.9 Å². The molecule has 3 aromatic carbocycles. The first kappa shape index (κ1) is 18.2. The van der Waals surface area contributed by atoms with Crippen LogP contribution in [0.1, 0.15) is 21.6 Å². The number of hydrogen-bond acceptors (Lipinski definition) is 2. The first-order valence-electron chi connectivity index (χ1n) is 9.28. The second kappa shape index (κ2) is 8.69. The quantitative estimate of drug-likeness (QED) is 0.488. The van der Waals surface area contributed by atoms with Gasteiger partial charge in [-0.25, -0.2) is 4.98 Å². The largest absolute Gasteiger partial charge is 0.322 e. The summed E-state index contributed by atoms with van der Waals surface area (Å²) in [5.41, 5.74) is 4.75. The van der Waals surface area contributed by atoms with Crippen LogP contribution in [0.15, 0.2) is 103 Å². The predicted octanol–water partition coefficient (Wildman–Crippen LogP) is 5.40. The molecule has 0 saturated heterocycles. The Morgan fingerprint density at radius 1 is 0.759 bits per heavy atom. The molecule has 3 heteroatoms. The summed E-state index contributed by atoms with van der Waals surface area (Å²) in [6, 6.07) is 30.6. The Kier molecular flexibility index (Phi) is 5.46. The number of nitrogens with zero attached hydrogens (tertiary/aromatic N) is 1. The number of rotatable bonds is 3. The highest BCUT2D eigenvalue weighted by molar-refractivity contribution is 6.08. The van der Waals surface area contributed by atoms with Crippen LogP contribution in [0.4, 0.5) is 5.69 Å². The number of hydrogen-bond donors (Lipinski definition) is 1. The van der Waals surface area contributed by atoms with Gasteiger partial charge in [-0.05, 0) is 53.4 Å². The topological polar surface area (TPSA) is 42.0 Å². The zero-order valence-corrected chi connectivity index (χ0v) is 15.7. The third-order valence-corrected chi connectivity index (χ3v) is 4.38. The van der Waals surface area contributed by atoms with Crippen molar-refractivity contribution in [1.82, 2.24) is 4.98 Å². The van der Waals surface area contributed by atoms with Crippen LogP contribution in [0.5, 0.6) is 0 Å². The summed E-state index contributed by atoms with van der Waals surface area (Å²) in [5, 5.41) is 2.98. The van der Waals surface area contributed by atoms with E-state index in [1.165, 1.54) is 0 Å². The predicted molar refractivity (Wildman–Crippen MR) is 116 cm³/mol. The Morgan fingerprint density at radius 3 is 2.38 bits per heavy atom. The van der Waals surface area contributed by atoms with Gasteiger partial charge in [0.2, 0.25) is 0 Å². The SMILES string of the molecule is O=C(Nc1cccc(C#Cc2ccccn2)c1)c1ccccc1-c1ccccc1. The zero-order chi connectivity index (χ0) is 19.9. The lowest BCUT2D eigenvalue weighted by Crippen LogP contribution is -2.13. The number of benzene rings is 3. The fraction of sp³-hybridized carbons (Fsp3) is 0. The van der Waals surface area contributed by atoms with E-state index in [1.807, 2.05) is 97.1 Å². The monoisotopic (exact) mass is 374 g/mol. The summed E-state index contributed by atoms with van der Waals surface area (Å²) in [6.45, 7) is 0. The van der Waals surface area contributed by atoms with Gasteiger partial charge in [-0.15, -0.1) is 0 Å². The van der Waals surface area contributed by atoms with Crippen LogP contribution >= 0.6 is 0 Å². The number of nitrogens with one attached hydrogen (secondary N) is 1. The van der Waals surface area contributed by atoms with Gasteiger partial charge in [0.25, 0.3) is 5.91 Å². The number of carbonyl (C=O) groups excluding carboxylic acids is 1. The molecule has 0 fully saturated rings. The summed E-state index contributed by atoms with van der Waals surface area (Å²) in [7, 11) is 0. The average Bonchev–Trinajstić information content (AvgIpc) is 2.79. The van der Waals surface area contributed by atoms with Gasteiger partial charge < -0.3 is 5.32 Å². The van der Waals surface area contributed by atoms with Gasteiger partial charge >= 0.3 is 0 Å². The minimum atomic E-state index is -0.153. The molecule has 138 valence electrons. The smallest absolute Gasteiger partial charge is 0.256 e. The van der Waals surface area contributed by atoms with Crippen molar-refractivity contribution in [1.29, 1.82) is 0 Å². The molecule has 0 radical (unpaired) electrons. The van der Waals surface area contributed by atoms with E-state index < -0.39 is 0 Å². The summed E-state index contributed by atoms with van der Waals surface area (Å²) in [4.78, 5) is 17.1. The molecule has 4 aromatic rings. The van der Waals surface area contributed by atoms with Gasteiger partial charge in [0, 0.05) is 23.0 Å². The maximum atomic E-state index is 12.9. The van der Waals surface area contributed by atoms with E-state index in [4.69, 9.17) is 0 Å². The van der Waals surface area contributed by atoms with Crippen molar-refractivity contribution in [3.05, 3.63) is 120 Å². The standard InChI is InChI=1S/C26H18N2O/c29-26(25-15-5-4-14-24(25)21-10-2-1-3-11-21)28-23-13-8-9-20(19-23)16-17-22-12-6-7-18-27-22/h1-15,18-19H,(H,28,29). The molecule has 0 aliphatic carbocycles. The summed E-state index contributed by atoms with van der Waals surface area (Å²) < 4.78 is 0. The highest BCUT2D eigenvalue weighted by atomic mass is 16.1. The molecule has 3 nitrogen and oxygen atoms in total. The lowest BCUT2D eigenvalue weighted by molar-refractivity contribution is 0.102. The van der Waals surface area contributed by atoms with E-state index in [9.17, 15) is 4.79 Å². The van der Waals surface area contributed by atoms with Crippen molar-refractivity contribution in [3.63, 3.8) is 0 Å². The minimum Gasteiger partial charge on any atom is -0.322 e. The summed E-state index contributed by atoms with van der Waals surface area (Å²) in [6.07, 6.45) is 1.71. The molecule has 1 aromatic heterocycles. The van der Waals surface area contributed by atoms with Crippen molar-refractivity contribution in [2.24, 2.45) is 0 Å². The van der Waals surface area contributed by atoms with Crippen molar-refractivity contribution in [2.75, 3.05) is 5.32 Å². The number of anilines is 1. The molecule has 0 spiro atoms. The van der Waals surface area contributed by atoms with E-state index in [0.717, 1.165) is 16.7 Å². The van der Waals surface area contributed by atoms with Crippen LogP contribution in [0.2, 0.25) is 0 Å². The van der Waals surface area contributed by atoms with Crippen LogP contribution < -0.4 is 5.32 Å². The number of aromatic nitrogens is 1. The van der Waals surface area contributed by atoms with E-state index >= 15 is 0 Å². The molecule has 0 aliphatic heterocycles. The first-order chi connectivity index (χ1) is 14.3. The molecule has 29 heavy (non-hydrogen) atoms. The third-order valence-electron chi connectivity index (χ3n) is 4.38. The second-order valence-electron chi connectivity index (χ2n) is 6.41. The molecule has 1 amide bonds. The Hall–Kier alpha value is -4.16. The van der Waals surface area contributed by atoms with Gasteiger partial charge in [0.05, 0.1) is 0 Å². The third kappa shape index (κ3) is 4.58. The van der Waals surface area contributed by atoms with Gasteiger partial charge in [-0.1, -0.05) is 66.6 Å². The van der Waals surface area contributed by atoms with Crippen LogP contribution in [-0.2, 0) is 0 Å². The van der Waals surface area contributed by atoms with Gasteiger partial charge in [-0.3, -0.25) is 4.79 Å². The molecule has 0 unspecified atom stereocenters. The van der Waals surface area contributed by atoms with Crippen molar-refractivity contribution < 1.29 is 4.79 Å². The zero-order valence-electron chi connectivity index (χ0n) is 15.7. The van der Waals surface area contributed by atoms with Gasteiger partial charge in [0.1, 0.15) is 5.69 Å². The Bertz CT molecular complexity index is 1190. The fourth-order valence-corrected chi connectivity index (χ4v) is 3.00. The number of amides is 1. The number of pyridine rings is 1. The molecule has 4 rings (SSSR count). The van der Waals surface area contributed by atoms with E-state index in [2.05, 4.69) is 22.1 Å². The highest BCUT2D eigenvalue weighted by Crippen LogP contribution is 2.24. The Labute approximate surface area is 170 Å². The molecule has 0 bridgehead atoms. The molecule has 0 saturated carbocycles. The molecule has 1 N–H and O–H groups in total. The fourth-order valence-electron chi connectivity index (χ4n) is 3.00. The van der Waals surface area contributed by atoms with Crippen molar-refractivity contribution in [3.8, 4) is 23.0 Å². The van der Waals surface area contributed by atoms with E-state index in [1.54, 1.807) is 6.20 Å². The van der Waals surface area contributed by atoms with Crippen molar-refractivity contribution in [2.45, 2.75) is 0 Å². The maximum Gasteiger partial charge on any atom is 0.256 e. The molecule has 0 aliphatic rings. The Morgan fingerprint density at radius 2 is 1.55 bits per heavy atom.